The van der Waals surface area contributed by atoms with Crippen LogP contribution >= 0.6 is 12.4 Å². The first-order valence-electron chi connectivity index (χ1n) is 3.98. The van der Waals surface area contributed by atoms with Crippen molar-refractivity contribution in [3.05, 3.63) is 34.9 Å². The Morgan fingerprint density at radius 2 is 2.00 bits per heavy atom. The largest absolute Gasteiger partial charge is 0.387 e. The zero-order chi connectivity index (χ0) is 9.14. The molecule has 3 heteroatoms. The highest BCUT2D eigenvalue weighted by molar-refractivity contribution is 5.85. The van der Waals surface area contributed by atoms with Gasteiger partial charge in [0.2, 0.25) is 0 Å². The third-order valence-electron chi connectivity index (χ3n) is 1.89. The lowest BCUT2D eigenvalue weighted by atomic mass is 10.0. The molecule has 13 heavy (non-hydrogen) atoms. The molecule has 1 rings (SSSR count). The van der Waals surface area contributed by atoms with Crippen LogP contribution in [-0.4, -0.2) is 5.84 Å². The van der Waals surface area contributed by atoms with Gasteiger partial charge in [-0.15, -0.1) is 12.4 Å². The highest BCUT2D eigenvalue weighted by Gasteiger charge is 1.99. The number of nitrogens with one attached hydrogen (secondary N) is 1. The second-order valence-corrected chi connectivity index (χ2v) is 3.13. The molecule has 0 bridgehead atoms. The zero-order valence-electron chi connectivity index (χ0n) is 7.92. The zero-order valence-corrected chi connectivity index (χ0v) is 8.74. The van der Waals surface area contributed by atoms with Crippen molar-refractivity contribution >= 4 is 18.2 Å². The van der Waals surface area contributed by atoms with E-state index in [4.69, 9.17) is 11.1 Å². The summed E-state index contributed by atoms with van der Waals surface area (Å²) in [6, 6.07) is 6.21. The predicted molar refractivity (Wildman–Crippen MR) is 58.8 cm³/mol. The van der Waals surface area contributed by atoms with E-state index in [2.05, 4.69) is 18.2 Å². The van der Waals surface area contributed by atoms with Crippen LogP contribution in [0.15, 0.2) is 18.2 Å². The molecule has 0 atom stereocenters. The van der Waals surface area contributed by atoms with E-state index in [-0.39, 0.29) is 18.2 Å². The van der Waals surface area contributed by atoms with Crippen molar-refractivity contribution in [3.63, 3.8) is 0 Å². The Morgan fingerprint density at radius 3 is 2.54 bits per heavy atom. The molecule has 0 amide bonds. The molecular formula is C10H15ClN2. The number of rotatable bonds is 2. The Morgan fingerprint density at radius 1 is 1.38 bits per heavy atom. The molecule has 0 heterocycles. The fourth-order valence-corrected chi connectivity index (χ4v) is 1.20. The second-order valence-electron chi connectivity index (χ2n) is 3.13. The van der Waals surface area contributed by atoms with Crippen LogP contribution in [0, 0.1) is 19.3 Å². The smallest absolute Gasteiger partial charge is 0.0950 e. The highest BCUT2D eigenvalue weighted by Crippen LogP contribution is 2.10. The van der Waals surface area contributed by atoms with Crippen LogP contribution in [0.2, 0.25) is 0 Å². The van der Waals surface area contributed by atoms with E-state index in [9.17, 15) is 0 Å². The molecule has 0 fully saturated rings. The molecule has 1 aromatic rings. The predicted octanol–water partition coefficient (Wildman–Crippen LogP) is 2.20. The minimum Gasteiger partial charge on any atom is -0.387 e. The summed E-state index contributed by atoms with van der Waals surface area (Å²) in [4.78, 5) is 0. The molecule has 1 aromatic carbocycles. The number of halogens is 1. The van der Waals surface area contributed by atoms with Crippen LogP contribution in [0.1, 0.15) is 16.7 Å². The molecule has 0 aromatic heterocycles. The summed E-state index contributed by atoms with van der Waals surface area (Å²) in [6.45, 7) is 4.08. The van der Waals surface area contributed by atoms with Crippen LogP contribution in [0.3, 0.4) is 0 Å². The average Bonchev–Trinajstić information content (AvgIpc) is 1.96. The van der Waals surface area contributed by atoms with E-state index in [1.54, 1.807) is 0 Å². The fraction of sp³-hybridized carbons (Fsp3) is 0.300. The molecule has 72 valence electrons. The molecule has 0 saturated carbocycles. The van der Waals surface area contributed by atoms with Crippen LogP contribution in [0.5, 0.6) is 0 Å². The number of nitrogens with two attached hydrogens (primary N) is 1. The van der Waals surface area contributed by atoms with Crippen molar-refractivity contribution < 1.29 is 0 Å². The summed E-state index contributed by atoms with van der Waals surface area (Å²) in [5, 5.41) is 7.18. The van der Waals surface area contributed by atoms with Crippen LogP contribution in [0.25, 0.3) is 0 Å². The first-order chi connectivity index (χ1) is 5.59. The van der Waals surface area contributed by atoms with Gasteiger partial charge in [-0.3, -0.25) is 5.41 Å². The van der Waals surface area contributed by atoms with Crippen molar-refractivity contribution in [2.24, 2.45) is 5.73 Å². The molecular weight excluding hydrogens is 184 g/mol. The molecule has 3 N–H and O–H groups in total. The van der Waals surface area contributed by atoms with Crippen molar-refractivity contribution in [2.45, 2.75) is 20.3 Å². The van der Waals surface area contributed by atoms with Gasteiger partial charge in [0, 0.05) is 6.42 Å². The summed E-state index contributed by atoms with van der Waals surface area (Å²) >= 11 is 0. The summed E-state index contributed by atoms with van der Waals surface area (Å²) in [5.41, 5.74) is 8.91. The van der Waals surface area contributed by atoms with Gasteiger partial charge in [-0.05, 0) is 25.0 Å². The van der Waals surface area contributed by atoms with Crippen molar-refractivity contribution in [1.29, 1.82) is 5.41 Å². The van der Waals surface area contributed by atoms with Crippen LogP contribution in [-0.2, 0) is 6.42 Å². The van der Waals surface area contributed by atoms with Crippen LogP contribution < -0.4 is 5.73 Å². The Kier molecular flexibility index (Phi) is 4.49. The number of amidine groups is 1. The molecule has 0 aliphatic carbocycles. The van der Waals surface area contributed by atoms with E-state index in [0.717, 1.165) is 5.56 Å². The minimum atomic E-state index is 0. The van der Waals surface area contributed by atoms with Gasteiger partial charge in [0.05, 0.1) is 5.84 Å². The van der Waals surface area contributed by atoms with Crippen molar-refractivity contribution in [3.8, 4) is 0 Å². The summed E-state index contributed by atoms with van der Waals surface area (Å²) in [7, 11) is 0. The maximum atomic E-state index is 7.18. The third kappa shape index (κ3) is 3.47. The van der Waals surface area contributed by atoms with Crippen molar-refractivity contribution in [1.82, 2.24) is 0 Å². The normalized spacial score (nSPS) is 9.08. The number of hydrogen-bond acceptors (Lipinski definition) is 1. The quantitative estimate of drug-likeness (QED) is 0.556. The number of benzene rings is 1. The average molecular weight is 199 g/mol. The Balaban J connectivity index is 0.00000144. The van der Waals surface area contributed by atoms with E-state index in [0.29, 0.717) is 6.42 Å². The fourth-order valence-electron chi connectivity index (χ4n) is 1.20. The molecule has 2 nitrogen and oxygen atoms in total. The van der Waals surface area contributed by atoms with Gasteiger partial charge >= 0.3 is 0 Å². The van der Waals surface area contributed by atoms with Gasteiger partial charge in [-0.2, -0.15) is 0 Å². The van der Waals surface area contributed by atoms with Gasteiger partial charge in [-0.25, -0.2) is 0 Å². The molecule has 0 spiro atoms. The highest BCUT2D eigenvalue weighted by atomic mass is 35.5. The van der Waals surface area contributed by atoms with E-state index < -0.39 is 0 Å². The maximum Gasteiger partial charge on any atom is 0.0950 e. The first-order valence-corrected chi connectivity index (χ1v) is 3.98. The van der Waals surface area contributed by atoms with Crippen molar-refractivity contribution in [2.75, 3.05) is 0 Å². The van der Waals surface area contributed by atoms with Gasteiger partial charge in [0.15, 0.2) is 0 Å². The molecule has 0 aliphatic heterocycles. The minimum absolute atomic E-state index is 0. The topological polar surface area (TPSA) is 49.9 Å². The summed E-state index contributed by atoms with van der Waals surface area (Å²) in [6.07, 6.45) is 0.563. The van der Waals surface area contributed by atoms with Crippen LogP contribution in [0.4, 0.5) is 0 Å². The Bertz CT molecular complexity index is 308. The van der Waals surface area contributed by atoms with E-state index in [1.807, 2.05) is 13.8 Å². The molecule has 0 saturated heterocycles. The molecule has 0 aliphatic rings. The molecule has 0 radical (unpaired) electrons. The first kappa shape index (κ1) is 12.0. The Hall–Kier alpha value is -1.02. The SMILES string of the molecule is Cc1ccc(C)c(CC(=N)N)c1.Cl. The summed E-state index contributed by atoms with van der Waals surface area (Å²) < 4.78 is 0. The van der Waals surface area contributed by atoms with E-state index in [1.165, 1.54) is 11.1 Å². The van der Waals surface area contributed by atoms with Gasteiger partial charge in [-0.1, -0.05) is 23.8 Å². The second kappa shape index (κ2) is 4.87. The maximum absolute atomic E-state index is 7.18. The lowest BCUT2D eigenvalue weighted by molar-refractivity contribution is 1.19. The van der Waals surface area contributed by atoms with E-state index >= 15 is 0 Å². The monoisotopic (exact) mass is 198 g/mol. The van der Waals surface area contributed by atoms with Gasteiger partial charge in [0.1, 0.15) is 0 Å². The summed E-state index contributed by atoms with van der Waals surface area (Å²) in [5.74, 6) is 0.226. The number of aryl methyl sites for hydroxylation is 2. The lowest BCUT2D eigenvalue weighted by Gasteiger charge is -2.05. The number of hydrogen-bond donors (Lipinski definition) is 2. The molecule has 0 unspecified atom stereocenters. The van der Waals surface area contributed by atoms with Gasteiger partial charge in [0.25, 0.3) is 0 Å². The van der Waals surface area contributed by atoms with Gasteiger partial charge < -0.3 is 5.73 Å². The third-order valence-corrected chi connectivity index (χ3v) is 1.89. The lowest BCUT2D eigenvalue weighted by Crippen LogP contribution is -2.13. The Labute approximate surface area is 85.1 Å². The standard InChI is InChI=1S/C10H14N2.ClH/c1-7-3-4-8(2)9(5-7)6-10(11)12;/h3-5H,6H2,1-2H3,(H3,11,12);1H.